The molecule has 0 aromatic heterocycles. The molecule has 474 valence electrons. The van der Waals surface area contributed by atoms with Crippen LogP contribution in [0.4, 0.5) is 4.79 Å². The summed E-state index contributed by atoms with van der Waals surface area (Å²) >= 11 is 0. The van der Waals surface area contributed by atoms with Gasteiger partial charge in [0.1, 0.15) is 60.6 Å². The Hall–Kier alpha value is -7.74. The van der Waals surface area contributed by atoms with Crippen LogP contribution in [0.2, 0.25) is 0 Å². The van der Waals surface area contributed by atoms with E-state index in [1.807, 2.05) is 243 Å². The molecular weight excluding hydrogens is 1150 g/mol. The van der Waals surface area contributed by atoms with E-state index in [4.69, 9.17) is 56.8 Å². The molecule has 0 bridgehead atoms. The van der Waals surface area contributed by atoms with Gasteiger partial charge in [-0.25, -0.2) is 4.79 Å². The topological polar surface area (TPSA) is 148 Å². The molecule has 3 fully saturated rings. The summed E-state index contributed by atoms with van der Waals surface area (Å²) in [5, 5.41) is 0. The number of benzene rings is 8. The summed E-state index contributed by atoms with van der Waals surface area (Å²) in [6.45, 7) is 5.12. The zero-order valence-corrected chi connectivity index (χ0v) is 51.6. The molecule has 0 spiro atoms. The first-order chi connectivity index (χ1) is 44.7. The van der Waals surface area contributed by atoms with Crippen LogP contribution in [0.1, 0.15) is 64.8 Å². The summed E-state index contributed by atoms with van der Waals surface area (Å²) in [5.74, 6) is -0.359. The minimum Gasteiger partial charge on any atom is -0.416 e. The molecule has 8 aromatic rings. The number of carbonyl (C=O) groups is 2. The van der Waals surface area contributed by atoms with Gasteiger partial charge in [0.25, 0.3) is 0 Å². The van der Waals surface area contributed by atoms with Gasteiger partial charge in [-0.2, -0.15) is 0 Å². The summed E-state index contributed by atoms with van der Waals surface area (Å²) in [5.41, 5.74) is 6.10. The van der Waals surface area contributed by atoms with E-state index < -0.39 is 79.1 Å². The van der Waals surface area contributed by atoms with E-state index in [1.165, 1.54) is 4.90 Å². The molecule has 0 N–H and O–H groups in total. The lowest BCUT2D eigenvalue weighted by Gasteiger charge is -2.46. The normalized spacial score (nSPS) is 23.8. The fourth-order valence-electron chi connectivity index (χ4n) is 11.8. The summed E-state index contributed by atoms with van der Waals surface area (Å²) in [4.78, 5) is 32.6. The largest absolute Gasteiger partial charge is 0.416 e. The van der Waals surface area contributed by atoms with E-state index in [9.17, 15) is 0 Å². The van der Waals surface area contributed by atoms with Crippen LogP contribution in [0.25, 0.3) is 0 Å². The maximum Gasteiger partial charge on any atom is 0.415 e. The quantitative estimate of drug-likeness (QED) is 0.0420. The Kier molecular flexibility index (Phi) is 23.5. The lowest BCUT2D eigenvalue weighted by molar-refractivity contribution is -0.317. The zero-order chi connectivity index (χ0) is 62.5. The van der Waals surface area contributed by atoms with E-state index in [2.05, 4.69) is 0 Å². The Balaban J connectivity index is 0.907. The van der Waals surface area contributed by atoms with Gasteiger partial charge in [0, 0.05) is 6.42 Å². The van der Waals surface area contributed by atoms with Crippen LogP contribution in [0.5, 0.6) is 0 Å². The highest BCUT2D eigenvalue weighted by Gasteiger charge is 2.55. The van der Waals surface area contributed by atoms with Gasteiger partial charge in [-0.3, -0.25) is 9.69 Å². The Morgan fingerprint density at radius 2 is 0.659 bits per heavy atom. The number of hydrogen-bond donors (Lipinski definition) is 0. The van der Waals surface area contributed by atoms with Crippen LogP contribution >= 0.6 is 0 Å². The number of amides is 1. The van der Waals surface area contributed by atoms with E-state index in [0.717, 1.165) is 44.5 Å². The van der Waals surface area contributed by atoms with Crippen LogP contribution in [0.15, 0.2) is 243 Å². The first kappa shape index (κ1) is 64.8. The second-order valence-corrected chi connectivity index (χ2v) is 23.5. The Morgan fingerprint density at radius 1 is 0.374 bits per heavy atom. The molecule has 3 aliphatic heterocycles. The summed E-state index contributed by atoms with van der Waals surface area (Å²) in [6, 6.07) is 77.6. The number of Topliss-reactive ketones (excluding diaryl/α,β-unsaturated/α-hetero) is 1. The second kappa shape index (κ2) is 33.0. The maximum atomic E-state index is 15.6. The van der Waals surface area contributed by atoms with Gasteiger partial charge in [0.15, 0.2) is 5.78 Å². The van der Waals surface area contributed by atoms with E-state index in [1.54, 1.807) is 13.8 Å². The van der Waals surface area contributed by atoms with Crippen molar-refractivity contribution < 1.29 is 66.4 Å². The van der Waals surface area contributed by atoms with Gasteiger partial charge in [-0.05, 0) is 58.4 Å². The molecule has 11 rings (SSSR count). The van der Waals surface area contributed by atoms with Crippen molar-refractivity contribution in [1.29, 1.82) is 0 Å². The smallest absolute Gasteiger partial charge is 0.415 e. The van der Waals surface area contributed by atoms with Crippen LogP contribution < -0.4 is 0 Å². The molecule has 15 nitrogen and oxygen atoms in total. The van der Waals surface area contributed by atoms with Crippen molar-refractivity contribution in [1.82, 2.24) is 4.90 Å². The third-order valence-electron chi connectivity index (χ3n) is 16.5. The number of ether oxygens (including phenoxy) is 12. The minimum absolute atomic E-state index is 0.0276. The fourth-order valence-corrected chi connectivity index (χ4v) is 11.8. The molecule has 0 unspecified atom stereocenters. The average Bonchev–Trinajstić information content (AvgIpc) is 1.96. The number of rotatable bonds is 30. The molecule has 91 heavy (non-hydrogen) atoms. The number of carbonyl (C=O) groups excluding carboxylic acids is 2. The van der Waals surface area contributed by atoms with Crippen molar-refractivity contribution in [3.05, 3.63) is 287 Å². The molecule has 15 heteroatoms. The second-order valence-electron chi connectivity index (χ2n) is 23.5. The first-order valence-electron chi connectivity index (χ1n) is 31.3. The average molecular weight is 1230 g/mol. The lowest BCUT2D eigenvalue weighted by Crippen LogP contribution is -2.63. The van der Waals surface area contributed by atoms with Crippen molar-refractivity contribution in [3.63, 3.8) is 0 Å². The van der Waals surface area contributed by atoms with Gasteiger partial charge >= 0.3 is 6.09 Å². The Bertz CT molecular complexity index is 3390. The van der Waals surface area contributed by atoms with Crippen molar-refractivity contribution in [3.8, 4) is 0 Å². The lowest BCUT2D eigenvalue weighted by atomic mass is 9.90. The summed E-state index contributed by atoms with van der Waals surface area (Å²) < 4.78 is 81.8. The Morgan fingerprint density at radius 3 is 1.01 bits per heavy atom. The summed E-state index contributed by atoms with van der Waals surface area (Å²) in [6.07, 6.45) is -10.3. The monoisotopic (exact) mass is 1230 g/mol. The molecule has 3 aliphatic rings. The first-order valence-corrected chi connectivity index (χ1v) is 31.3. The van der Waals surface area contributed by atoms with Gasteiger partial charge in [-0.15, -0.1) is 0 Å². The third-order valence-corrected chi connectivity index (χ3v) is 16.5. The van der Waals surface area contributed by atoms with Crippen molar-refractivity contribution >= 4 is 11.9 Å². The highest BCUT2D eigenvalue weighted by atomic mass is 16.7. The third kappa shape index (κ3) is 18.3. The molecule has 3 heterocycles. The van der Waals surface area contributed by atoms with Gasteiger partial charge in [-0.1, -0.05) is 243 Å². The van der Waals surface area contributed by atoms with Gasteiger partial charge in [0.05, 0.1) is 78.8 Å². The molecule has 8 aromatic carbocycles. The van der Waals surface area contributed by atoms with Crippen LogP contribution in [-0.4, -0.2) is 110 Å². The van der Waals surface area contributed by atoms with Gasteiger partial charge in [0.2, 0.25) is 6.29 Å². The molecule has 0 aliphatic carbocycles. The molecule has 3 saturated heterocycles. The maximum absolute atomic E-state index is 15.6. The Labute approximate surface area is 533 Å². The molecule has 0 saturated carbocycles. The minimum atomic E-state index is -1.42. The van der Waals surface area contributed by atoms with Crippen LogP contribution in [0.3, 0.4) is 0 Å². The van der Waals surface area contributed by atoms with Crippen molar-refractivity contribution in [2.75, 3.05) is 19.8 Å². The van der Waals surface area contributed by atoms with E-state index in [-0.39, 0.29) is 78.3 Å². The van der Waals surface area contributed by atoms with Crippen LogP contribution in [-0.2, 0) is 114 Å². The SMILES string of the molecule is CC1(C)OC[C@H](C(=O)C[C@H]2O[C@H](COCc3ccccc3)[C@@H](OCc3ccccc3)[C@H](OCc3ccccc3)[C@H]2OCc2ccccc2)N1C(=O)O[C@H]1O[C@H](COCc2ccccc2)[C@@H](OCc2ccccc2)[C@H](OCc2ccccc2)[C@H]1OCc1ccccc1. The molecule has 0 radical (unpaired) electrons. The van der Waals surface area contributed by atoms with Crippen molar-refractivity contribution in [2.24, 2.45) is 0 Å². The molecule has 11 atom stereocenters. The molecule has 1 amide bonds. The zero-order valence-electron chi connectivity index (χ0n) is 51.6. The predicted molar refractivity (Wildman–Crippen MR) is 341 cm³/mol. The predicted octanol–water partition coefficient (Wildman–Crippen LogP) is 13.0. The van der Waals surface area contributed by atoms with Crippen molar-refractivity contribution in [2.45, 2.75) is 146 Å². The standard InChI is InChI=1S/C76H81NO14/c1-76(2)77(75(79)91-74-73(87-51-62-41-25-10-26-42-62)72(86-50-61-39-23-9-24-40-61)70(84-48-59-35-19-7-20-36-59)67(90-74)54-81-45-56-29-13-4-14-30-56)63(52-88-76)64(78)43-65-68(82-46-57-31-15-5-16-32-57)71(85-49-60-37-21-8-22-38-60)69(83-47-58-33-17-6-18-34-58)66(89-65)53-80-44-55-27-11-3-12-28-55/h3-42,63,65-74H,43-54H2,1-2H3/t63-,65-,66-,67-,68+,69-,70-,71-,72+,73-,74-/m1/s1. The van der Waals surface area contributed by atoms with Gasteiger partial charge < -0.3 is 56.8 Å². The van der Waals surface area contributed by atoms with E-state index in [0.29, 0.717) is 6.61 Å². The summed E-state index contributed by atoms with van der Waals surface area (Å²) in [7, 11) is 0. The number of nitrogens with zero attached hydrogens (tertiary/aromatic N) is 1. The highest BCUT2D eigenvalue weighted by Crippen LogP contribution is 2.38. The highest BCUT2D eigenvalue weighted by molar-refractivity contribution is 5.89. The number of hydrogen-bond acceptors (Lipinski definition) is 14. The van der Waals surface area contributed by atoms with E-state index >= 15 is 9.59 Å². The van der Waals surface area contributed by atoms with Crippen LogP contribution in [0, 0.1) is 0 Å². The number of ketones is 1. The fraction of sp³-hybridized carbons (Fsp3) is 0.342. The molecular formula is C76H81NO14.